The molecule has 0 aliphatic carbocycles. The summed E-state index contributed by atoms with van der Waals surface area (Å²) in [6.07, 6.45) is 0.813. The number of nitrogens with zero attached hydrogens (tertiary/aromatic N) is 1. The number of benzene rings is 1. The van der Waals surface area contributed by atoms with Crippen LogP contribution >= 0.6 is 12.6 Å². The van der Waals surface area contributed by atoms with Gasteiger partial charge in [0.1, 0.15) is 5.82 Å². The van der Waals surface area contributed by atoms with Gasteiger partial charge in [-0.3, -0.25) is 0 Å². The van der Waals surface area contributed by atoms with E-state index in [-0.39, 0.29) is 5.82 Å². The molecule has 0 aromatic heterocycles. The van der Waals surface area contributed by atoms with Gasteiger partial charge in [0.05, 0.1) is 5.69 Å². The van der Waals surface area contributed by atoms with Gasteiger partial charge >= 0.3 is 0 Å². The minimum absolute atomic E-state index is 0.163. The molecule has 72 valence electrons. The molecule has 1 rings (SSSR count). The third-order valence-corrected chi connectivity index (χ3v) is 2.12. The van der Waals surface area contributed by atoms with Crippen molar-refractivity contribution in [2.75, 3.05) is 24.7 Å². The lowest BCUT2D eigenvalue weighted by molar-refractivity contribution is 0.624. The molecule has 0 atom stereocenters. The summed E-state index contributed by atoms with van der Waals surface area (Å²) in [7, 11) is 3.66. The molecule has 1 nitrogen and oxygen atoms in total. The number of anilines is 1. The number of hydrogen-bond donors (Lipinski definition) is 1. The highest BCUT2D eigenvalue weighted by Gasteiger charge is 2.04. The Labute approximate surface area is 84.0 Å². The van der Waals surface area contributed by atoms with Gasteiger partial charge in [0, 0.05) is 14.1 Å². The van der Waals surface area contributed by atoms with Crippen molar-refractivity contribution in [2.24, 2.45) is 0 Å². The SMILES string of the molecule is CN(C)c1ccc(CCS)cc1F. The number of halogens is 1. The van der Waals surface area contributed by atoms with Crippen molar-refractivity contribution in [1.29, 1.82) is 0 Å². The second-order valence-corrected chi connectivity index (χ2v) is 3.60. The minimum Gasteiger partial charge on any atom is -0.375 e. The first-order chi connectivity index (χ1) is 6.15. The van der Waals surface area contributed by atoms with Crippen molar-refractivity contribution < 1.29 is 4.39 Å². The molecule has 3 heteroatoms. The summed E-state index contributed by atoms with van der Waals surface area (Å²) in [4.78, 5) is 1.76. The van der Waals surface area contributed by atoms with Gasteiger partial charge in [0.15, 0.2) is 0 Å². The lowest BCUT2D eigenvalue weighted by Crippen LogP contribution is -2.10. The van der Waals surface area contributed by atoms with Crippen LogP contribution in [-0.4, -0.2) is 19.8 Å². The monoisotopic (exact) mass is 199 g/mol. The first kappa shape index (κ1) is 10.4. The van der Waals surface area contributed by atoms with Gasteiger partial charge in [-0.2, -0.15) is 12.6 Å². The van der Waals surface area contributed by atoms with Gasteiger partial charge < -0.3 is 4.90 Å². The second-order valence-electron chi connectivity index (χ2n) is 3.15. The van der Waals surface area contributed by atoms with Crippen LogP contribution in [-0.2, 0) is 6.42 Å². The summed E-state index contributed by atoms with van der Waals surface area (Å²) < 4.78 is 13.4. The number of hydrogen-bond acceptors (Lipinski definition) is 2. The van der Waals surface area contributed by atoms with E-state index in [9.17, 15) is 4.39 Å². The van der Waals surface area contributed by atoms with Gasteiger partial charge in [-0.15, -0.1) is 0 Å². The molecule has 0 aliphatic heterocycles. The first-order valence-electron chi connectivity index (χ1n) is 4.21. The molecule has 0 amide bonds. The van der Waals surface area contributed by atoms with Crippen molar-refractivity contribution in [1.82, 2.24) is 0 Å². The van der Waals surface area contributed by atoms with E-state index < -0.39 is 0 Å². The van der Waals surface area contributed by atoms with Crippen molar-refractivity contribution in [2.45, 2.75) is 6.42 Å². The maximum atomic E-state index is 13.4. The zero-order valence-electron chi connectivity index (χ0n) is 7.92. The zero-order chi connectivity index (χ0) is 9.84. The molecule has 0 bridgehead atoms. The second kappa shape index (κ2) is 4.51. The lowest BCUT2D eigenvalue weighted by Gasteiger charge is -2.13. The standard InChI is InChI=1S/C10H14FNS/c1-12(2)10-4-3-8(5-6-13)7-9(10)11/h3-4,7,13H,5-6H2,1-2H3. The normalized spacial score (nSPS) is 10.2. The van der Waals surface area contributed by atoms with Crippen LogP contribution in [0.4, 0.5) is 10.1 Å². The summed E-state index contributed by atoms with van der Waals surface area (Å²) in [5.74, 6) is 0.588. The maximum absolute atomic E-state index is 13.4. The summed E-state index contributed by atoms with van der Waals surface area (Å²) >= 11 is 4.10. The van der Waals surface area contributed by atoms with E-state index in [1.807, 2.05) is 20.2 Å². The van der Waals surface area contributed by atoms with Crippen molar-refractivity contribution >= 4 is 18.3 Å². The smallest absolute Gasteiger partial charge is 0.146 e. The third-order valence-electron chi connectivity index (χ3n) is 1.89. The van der Waals surface area contributed by atoms with Crippen molar-refractivity contribution in [3.05, 3.63) is 29.6 Å². The number of thiol groups is 1. The Morgan fingerprint density at radius 2 is 2.08 bits per heavy atom. The highest BCUT2D eigenvalue weighted by Crippen LogP contribution is 2.18. The molecule has 0 spiro atoms. The fourth-order valence-electron chi connectivity index (χ4n) is 1.20. The highest BCUT2D eigenvalue weighted by molar-refractivity contribution is 7.80. The Morgan fingerprint density at radius 1 is 1.38 bits per heavy atom. The highest BCUT2D eigenvalue weighted by atomic mass is 32.1. The molecular weight excluding hydrogens is 185 g/mol. The summed E-state index contributed by atoms with van der Waals surface area (Å²) in [5, 5.41) is 0. The molecule has 0 aliphatic rings. The third kappa shape index (κ3) is 2.62. The molecule has 0 fully saturated rings. The van der Waals surface area contributed by atoms with E-state index >= 15 is 0 Å². The zero-order valence-corrected chi connectivity index (χ0v) is 8.81. The molecular formula is C10H14FNS. The van der Waals surface area contributed by atoms with Crippen LogP contribution in [0.2, 0.25) is 0 Å². The minimum atomic E-state index is -0.163. The Kier molecular flexibility index (Phi) is 3.60. The predicted octanol–water partition coefficient (Wildman–Crippen LogP) is 2.36. The average Bonchev–Trinajstić information content (AvgIpc) is 2.04. The van der Waals surface area contributed by atoms with E-state index in [0.29, 0.717) is 5.69 Å². The van der Waals surface area contributed by atoms with Crippen LogP contribution < -0.4 is 4.90 Å². The summed E-state index contributed by atoms with van der Waals surface area (Å²) in [6.45, 7) is 0. The average molecular weight is 199 g/mol. The molecule has 0 radical (unpaired) electrons. The number of aryl methyl sites for hydroxylation is 1. The Morgan fingerprint density at radius 3 is 2.54 bits per heavy atom. The van der Waals surface area contributed by atoms with Crippen LogP contribution in [0.25, 0.3) is 0 Å². The topological polar surface area (TPSA) is 3.24 Å². The Bertz CT molecular complexity index is 286. The van der Waals surface area contributed by atoms with Crippen molar-refractivity contribution in [3.63, 3.8) is 0 Å². The van der Waals surface area contributed by atoms with Crippen LogP contribution in [0.5, 0.6) is 0 Å². The number of rotatable bonds is 3. The fourth-order valence-corrected chi connectivity index (χ4v) is 1.46. The van der Waals surface area contributed by atoms with E-state index in [1.165, 1.54) is 0 Å². The molecule has 0 unspecified atom stereocenters. The van der Waals surface area contributed by atoms with Gasteiger partial charge in [0.2, 0.25) is 0 Å². The Balaban J connectivity index is 2.92. The van der Waals surface area contributed by atoms with E-state index in [1.54, 1.807) is 17.0 Å². The maximum Gasteiger partial charge on any atom is 0.146 e. The van der Waals surface area contributed by atoms with Crippen LogP contribution in [0.15, 0.2) is 18.2 Å². The molecule has 0 N–H and O–H groups in total. The summed E-state index contributed by atoms with van der Waals surface area (Å²) in [5.41, 5.74) is 1.63. The fraction of sp³-hybridized carbons (Fsp3) is 0.400. The summed E-state index contributed by atoms with van der Waals surface area (Å²) in [6, 6.07) is 5.31. The largest absolute Gasteiger partial charge is 0.375 e. The van der Waals surface area contributed by atoms with Crippen LogP contribution in [0, 0.1) is 5.82 Å². The predicted molar refractivity (Wildman–Crippen MR) is 58.3 cm³/mol. The lowest BCUT2D eigenvalue weighted by atomic mass is 10.1. The molecule has 1 aromatic rings. The molecule has 1 aromatic carbocycles. The van der Waals surface area contributed by atoms with Crippen molar-refractivity contribution in [3.8, 4) is 0 Å². The van der Waals surface area contributed by atoms with Gasteiger partial charge in [-0.25, -0.2) is 4.39 Å². The molecule has 0 saturated carbocycles. The first-order valence-corrected chi connectivity index (χ1v) is 4.85. The quantitative estimate of drug-likeness (QED) is 0.731. The van der Waals surface area contributed by atoms with Gasteiger partial charge in [-0.05, 0) is 29.9 Å². The van der Waals surface area contributed by atoms with Crippen LogP contribution in [0.1, 0.15) is 5.56 Å². The molecule has 0 saturated heterocycles. The van der Waals surface area contributed by atoms with Crippen LogP contribution in [0.3, 0.4) is 0 Å². The van der Waals surface area contributed by atoms with Gasteiger partial charge in [-0.1, -0.05) is 6.07 Å². The van der Waals surface area contributed by atoms with E-state index in [0.717, 1.165) is 17.7 Å². The molecule has 13 heavy (non-hydrogen) atoms. The molecule has 0 heterocycles. The van der Waals surface area contributed by atoms with E-state index in [2.05, 4.69) is 12.6 Å². The van der Waals surface area contributed by atoms with E-state index in [4.69, 9.17) is 0 Å². The Hall–Kier alpha value is -0.700. The van der Waals surface area contributed by atoms with Gasteiger partial charge in [0.25, 0.3) is 0 Å².